The Bertz CT molecular complexity index is 629. The molecule has 1 saturated carbocycles. The predicted molar refractivity (Wildman–Crippen MR) is 113 cm³/mol. The summed E-state index contributed by atoms with van der Waals surface area (Å²) in [5.74, 6) is 0.957. The van der Waals surface area contributed by atoms with E-state index in [9.17, 15) is 0 Å². The van der Waals surface area contributed by atoms with Crippen molar-refractivity contribution < 1.29 is 4.74 Å². The van der Waals surface area contributed by atoms with Gasteiger partial charge in [-0.3, -0.25) is 4.99 Å². The molecule has 3 fully saturated rings. The van der Waals surface area contributed by atoms with Gasteiger partial charge in [-0.15, -0.1) is 24.0 Å². The van der Waals surface area contributed by atoms with Crippen molar-refractivity contribution in [1.82, 2.24) is 10.6 Å². The third-order valence-corrected chi connectivity index (χ3v) is 5.88. The number of aryl methyl sites for hydroxylation is 1. The molecule has 2 saturated heterocycles. The molecule has 1 aromatic carbocycles. The van der Waals surface area contributed by atoms with Crippen LogP contribution in [0.15, 0.2) is 29.3 Å². The molecule has 4 rings (SSSR count). The highest BCUT2D eigenvalue weighted by Crippen LogP contribution is 2.49. The third kappa shape index (κ3) is 3.97. The van der Waals surface area contributed by atoms with E-state index < -0.39 is 0 Å². The van der Waals surface area contributed by atoms with Crippen molar-refractivity contribution in [2.75, 3.05) is 13.1 Å². The molecule has 3 aliphatic rings. The first-order chi connectivity index (χ1) is 11.7. The molecule has 25 heavy (non-hydrogen) atoms. The van der Waals surface area contributed by atoms with Crippen LogP contribution in [0.25, 0.3) is 0 Å². The molecule has 5 heteroatoms. The average Bonchev–Trinajstić information content (AvgIpc) is 3.07. The fourth-order valence-electron chi connectivity index (χ4n) is 4.35. The highest BCUT2D eigenvalue weighted by atomic mass is 127. The zero-order chi connectivity index (χ0) is 16.6. The van der Waals surface area contributed by atoms with E-state index in [1.165, 1.54) is 36.8 Å². The van der Waals surface area contributed by atoms with Crippen molar-refractivity contribution in [2.24, 2.45) is 4.99 Å². The maximum atomic E-state index is 5.96. The van der Waals surface area contributed by atoms with E-state index in [4.69, 9.17) is 9.73 Å². The number of ether oxygens (including phenoxy) is 1. The van der Waals surface area contributed by atoms with E-state index in [-0.39, 0.29) is 29.4 Å². The summed E-state index contributed by atoms with van der Waals surface area (Å²) in [5.41, 5.74) is 3.14. The first-order valence-corrected chi connectivity index (χ1v) is 9.46. The lowest BCUT2D eigenvalue weighted by Crippen LogP contribution is -2.47. The van der Waals surface area contributed by atoms with Crippen molar-refractivity contribution >= 4 is 29.9 Å². The maximum absolute atomic E-state index is 5.96. The minimum atomic E-state index is 0. The number of halogens is 1. The van der Waals surface area contributed by atoms with E-state index >= 15 is 0 Å². The lowest BCUT2D eigenvalue weighted by molar-refractivity contribution is 0.0992. The van der Waals surface area contributed by atoms with Crippen LogP contribution in [0.4, 0.5) is 0 Å². The molecule has 0 aromatic heterocycles. The fourth-order valence-corrected chi connectivity index (χ4v) is 4.35. The largest absolute Gasteiger partial charge is 0.373 e. The van der Waals surface area contributed by atoms with E-state index in [0.717, 1.165) is 25.5 Å². The van der Waals surface area contributed by atoms with Crippen LogP contribution in [0, 0.1) is 6.92 Å². The number of fused-ring (bicyclic) bond motifs is 2. The molecule has 3 atom stereocenters. The lowest BCUT2D eigenvalue weighted by Gasteiger charge is -2.23. The quantitative estimate of drug-likeness (QED) is 0.406. The average molecular weight is 455 g/mol. The summed E-state index contributed by atoms with van der Waals surface area (Å²) in [7, 11) is 0. The Morgan fingerprint density at radius 3 is 2.68 bits per heavy atom. The number of hydrogen-bond donors (Lipinski definition) is 2. The second-order valence-corrected chi connectivity index (χ2v) is 7.65. The van der Waals surface area contributed by atoms with Crippen molar-refractivity contribution in [2.45, 2.75) is 69.6 Å². The van der Waals surface area contributed by atoms with Gasteiger partial charge >= 0.3 is 0 Å². The number of benzene rings is 1. The van der Waals surface area contributed by atoms with Crippen molar-refractivity contribution in [3.8, 4) is 0 Å². The van der Waals surface area contributed by atoms with Gasteiger partial charge in [-0.2, -0.15) is 0 Å². The molecular formula is C20H30IN3O. The van der Waals surface area contributed by atoms with Crippen molar-refractivity contribution in [1.29, 1.82) is 0 Å². The Hall–Kier alpha value is -0.820. The third-order valence-electron chi connectivity index (χ3n) is 5.88. The smallest absolute Gasteiger partial charge is 0.191 e. The Morgan fingerprint density at radius 1 is 1.28 bits per heavy atom. The van der Waals surface area contributed by atoms with Gasteiger partial charge in [0.05, 0.1) is 24.8 Å². The first-order valence-electron chi connectivity index (χ1n) is 9.46. The maximum Gasteiger partial charge on any atom is 0.191 e. The van der Waals surface area contributed by atoms with Crippen LogP contribution in [0.3, 0.4) is 0 Å². The molecular weight excluding hydrogens is 425 g/mol. The van der Waals surface area contributed by atoms with Crippen molar-refractivity contribution in [3.63, 3.8) is 0 Å². The van der Waals surface area contributed by atoms with Crippen LogP contribution in [-0.2, 0) is 10.2 Å². The molecule has 2 N–H and O–H groups in total. The number of hydrogen-bond acceptors (Lipinski definition) is 2. The van der Waals surface area contributed by atoms with Crippen LogP contribution >= 0.6 is 24.0 Å². The molecule has 2 heterocycles. The van der Waals surface area contributed by atoms with Gasteiger partial charge in [0.1, 0.15) is 0 Å². The fraction of sp³-hybridized carbons (Fsp3) is 0.650. The SMILES string of the molecule is CCNC(=NCC1(c2ccccc2C)CC1)NC1CC2CCC1O2.I. The Labute approximate surface area is 168 Å². The zero-order valence-corrected chi connectivity index (χ0v) is 17.6. The molecule has 2 aliphatic heterocycles. The number of guanidine groups is 1. The van der Waals surface area contributed by atoms with Crippen LogP contribution in [0.5, 0.6) is 0 Å². The molecule has 138 valence electrons. The highest BCUT2D eigenvalue weighted by molar-refractivity contribution is 14.0. The van der Waals surface area contributed by atoms with E-state index in [1.807, 2.05) is 0 Å². The Balaban J connectivity index is 0.00000182. The Kier molecular flexibility index (Phi) is 5.93. The molecule has 4 nitrogen and oxygen atoms in total. The minimum absolute atomic E-state index is 0. The van der Waals surface area contributed by atoms with Crippen LogP contribution < -0.4 is 10.6 Å². The summed E-state index contributed by atoms with van der Waals surface area (Å²) in [4.78, 5) is 4.95. The highest BCUT2D eigenvalue weighted by Gasteiger charge is 2.45. The second-order valence-electron chi connectivity index (χ2n) is 7.65. The van der Waals surface area contributed by atoms with Gasteiger partial charge in [0.2, 0.25) is 0 Å². The van der Waals surface area contributed by atoms with Gasteiger partial charge in [0, 0.05) is 12.0 Å². The van der Waals surface area contributed by atoms with E-state index in [2.05, 4.69) is 48.7 Å². The van der Waals surface area contributed by atoms with Gasteiger partial charge < -0.3 is 15.4 Å². The standard InChI is InChI=1S/C20H29N3O.HI/c1-3-21-19(23-17-12-15-8-9-18(17)24-15)22-13-20(10-11-20)16-7-5-4-6-14(16)2;/h4-7,15,17-18H,3,8-13H2,1-2H3,(H2,21,22,23);1H. The summed E-state index contributed by atoms with van der Waals surface area (Å²) in [6.45, 7) is 6.11. The second kappa shape index (κ2) is 7.82. The molecule has 0 amide bonds. The topological polar surface area (TPSA) is 45.7 Å². The number of rotatable bonds is 5. The van der Waals surface area contributed by atoms with Crippen molar-refractivity contribution in [3.05, 3.63) is 35.4 Å². The van der Waals surface area contributed by atoms with E-state index in [0.29, 0.717) is 18.2 Å². The van der Waals surface area contributed by atoms with Crippen LogP contribution in [0.1, 0.15) is 50.2 Å². The van der Waals surface area contributed by atoms with Gasteiger partial charge in [0.15, 0.2) is 5.96 Å². The minimum Gasteiger partial charge on any atom is -0.373 e. The molecule has 3 unspecified atom stereocenters. The monoisotopic (exact) mass is 455 g/mol. The lowest BCUT2D eigenvalue weighted by atomic mass is 9.92. The van der Waals surface area contributed by atoms with Gasteiger partial charge in [-0.1, -0.05) is 24.3 Å². The molecule has 0 radical (unpaired) electrons. The summed E-state index contributed by atoms with van der Waals surface area (Å²) >= 11 is 0. The summed E-state index contributed by atoms with van der Waals surface area (Å²) in [6, 6.07) is 9.20. The molecule has 0 spiro atoms. The summed E-state index contributed by atoms with van der Waals surface area (Å²) in [5, 5.41) is 7.05. The summed E-state index contributed by atoms with van der Waals surface area (Å²) < 4.78 is 5.96. The normalized spacial score (nSPS) is 29.2. The van der Waals surface area contributed by atoms with E-state index in [1.54, 1.807) is 0 Å². The summed E-state index contributed by atoms with van der Waals surface area (Å²) in [6.07, 6.45) is 6.89. The zero-order valence-electron chi connectivity index (χ0n) is 15.3. The predicted octanol–water partition coefficient (Wildman–Crippen LogP) is 3.52. The Morgan fingerprint density at radius 2 is 2.08 bits per heavy atom. The van der Waals surface area contributed by atoms with Gasteiger partial charge in [0.25, 0.3) is 0 Å². The molecule has 1 aromatic rings. The number of aliphatic imine (C=N–C) groups is 1. The number of nitrogens with one attached hydrogen (secondary N) is 2. The van der Waals surface area contributed by atoms with Gasteiger partial charge in [-0.25, -0.2) is 0 Å². The first kappa shape index (κ1) is 19.0. The molecule has 2 bridgehead atoms. The van der Waals surface area contributed by atoms with Crippen LogP contribution in [-0.4, -0.2) is 37.3 Å². The molecule has 1 aliphatic carbocycles. The van der Waals surface area contributed by atoms with Gasteiger partial charge in [-0.05, 0) is 57.1 Å². The number of nitrogens with zero attached hydrogens (tertiary/aromatic N) is 1. The van der Waals surface area contributed by atoms with Crippen LogP contribution in [0.2, 0.25) is 0 Å².